The van der Waals surface area contributed by atoms with Crippen molar-refractivity contribution in [3.05, 3.63) is 35.1 Å². The number of nitrogens with one attached hydrogen (secondary N) is 2. The molecule has 1 aromatic carbocycles. The molecular formula is C13H16F4N2O. The summed E-state index contributed by atoms with van der Waals surface area (Å²) >= 11 is 0. The van der Waals surface area contributed by atoms with Crippen molar-refractivity contribution in [1.82, 2.24) is 10.6 Å². The molecule has 0 saturated carbocycles. The standard InChI is InChI=1S/C13H16F4N2O/c1-2-18-6-3-7-19-12(20)9-4-5-11(14)10(8-9)13(15,16)17/h4-5,8,18H,2-3,6-7H2,1H3,(H,19,20). The highest BCUT2D eigenvalue weighted by molar-refractivity contribution is 5.94. The van der Waals surface area contributed by atoms with E-state index in [1.165, 1.54) is 0 Å². The Hall–Kier alpha value is -1.63. The van der Waals surface area contributed by atoms with Gasteiger partial charge in [0.15, 0.2) is 0 Å². The molecule has 1 aromatic rings. The van der Waals surface area contributed by atoms with Crippen molar-refractivity contribution in [2.75, 3.05) is 19.6 Å². The molecule has 0 aliphatic rings. The van der Waals surface area contributed by atoms with Crippen LogP contribution in [0, 0.1) is 5.82 Å². The number of carbonyl (C=O) groups is 1. The Morgan fingerprint density at radius 3 is 2.55 bits per heavy atom. The molecule has 0 heterocycles. The van der Waals surface area contributed by atoms with E-state index < -0.39 is 23.5 Å². The van der Waals surface area contributed by atoms with E-state index in [2.05, 4.69) is 10.6 Å². The van der Waals surface area contributed by atoms with E-state index in [0.29, 0.717) is 31.6 Å². The van der Waals surface area contributed by atoms with Crippen LogP contribution in [0.15, 0.2) is 18.2 Å². The maximum absolute atomic E-state index is 13.1. The topological polar surface area (TPSA) is 41.1 Å². The third kappa shape index (κ3) is 4.80. The molecule has 0 unspecified atom stereocenters. The molecule has 2 N–H and O–H groups in total. The highest BCUT2D eigenvalue weighted by atomic mass is 19.4. The van der Waals surface area contributed by atoms with Gasteiger partial charge in [0, 0.05) is 12.1 Å². The average molecular weight is 292 g/mol. The summed E-state index contributed by atoms with van der Waals surface area (Å²) in [7, 11) is 0. The summed E-state index contributed by atoms with van der Waals surface area (Å²) in [5, 5.41) is 5.54. The van der Waals surface area contributed by atoms with Gasteiger partial charge in [0.1, 0.15) is 5.82 Å². The first kappa shape index (κ1) is 16.4. The minimum atomic E-state index is -4.81. The summed E-state index contributed by atoms with van der Waals surface area (Å²) in [6, 6.07) is 2.20. The molecular weight excluding hydrogens is 276 g/mol. The highest BCUT2D eigenvalue weighted by Gasteiger charge is 2.34. The van der Waals surface area contributed by atoms with Crippen LogP contribution in [0.2, 0.25) is 0 Å². The number of rotatable bonds is 6. The lowest BCUT2D eigenvalue weighted by Gasteiger charge is -2.10. The van der Waals surface area contributed by atoms with Gasteiger partial charge in [0.05, 0.1) is 5.56 Å². The van der Waals surface area contributed by atoms with E-state index in [1.807, 2.05) is 6.92 Å². The van der Waals surface area contributed by atoms with Crippen LogP contribution < -0.4 is 10.6 Å². The fourth-order valence-electron chi connectivity index (χ4n) is 1.58. The second kappa shape index (κ2) is 7.23. The number of halogens is 4. The fourth-order valence-corrected chi connectivity index (χ4v) is 1.58. The molecule has 0 saturated heterocycles. The van der Waals surface area contributed by atoms with E-state index in [9.17, 15) is 22.4 Å². The first-order chi connectivity index (χ1) is 9.36. The first-order valence-corrected chi connectivity index (χ1v) is 6.22. The molecule has 1 amide bonds. The van der Waals surface area contributed by atoms with Crippen LogP contribution in [-0.4, -0.2) is 25.5 Å². The molecule has 7 heteroatoms. The van der Waals surface area contributed by atoms with Crippen LogP contribution in [0.1, 0.15) is 29.3 Å². The summed E-state index contributed by atoms with van der Waals surface area (Å²) in [5.74, 6) is -2.03. The second-order valence-electron chi connectivity index (χ2n) is 4.16. The SMILES string of the molecule is CCNCCCNC(=O)c1ccc(F)c(C(F)(F)F)c1. The Balaban J connectivity index is 2.65. The molecule has 0 radical (unpaired) electrons. The quantitative estimate of drug-likeness (QED) is 0.625. The number of alkyl halides is 3. The molecule has 0 bridgehead atoms. The van der Waals surface area contributed by atoms with E-state index >= 15 is 0 Å². The van der Waals surface area contributed by atoms with Gasteiger partial charge in [0.25, 0.3) is 5.91 Å². The van der Waals surface area contributed by atoms with Crippen LogP contribution in [0.25, 0.3) is 0 Å². The monoisotopic (exact) mass is 292 g/mol. The summed E-state index contributed by atoms with van der Waals surface area (Å²) in [4.78, 5) is 11.6. The van der Waals surface area contributed by atoms with E-state index in [1.54, 1.807) is 0 Å². The van der Waals surface area contributed by atoms with Crippen molar-refractivity contribution in [3.63, 3.8) is 0 Å². The Bertz CT molecular complexity index is 460. The first-order valence-electron chi connectivity index (χ1n) is 6.22. The number of hydrogen-bond acceptors (Lipinski definition) is 2. The molecule has 0 aliphatic carbocycles. The van der Waals surface area contributed by atoms with Gasteiger partial charge in [-0.1, -0.05) is 6.92 Å². The molecule has 3 nitrogen and oxygen atoms in total. The number of amides is 1. The van der Waals surface area contributed by atoms with Gasteiger partial charge >= 0.3 is 6.18 Å². The third-order valence-electron chi connectivity index (χ3n) is 2.60. The second-order valence-corrected chi connectivity index (χ2v) is 4.16. The van der Waals surface area contributed by atoms with Gasteiger partial charge in [-0.2, -0.15) is 13.2 Å². The van der Waals surface area contributed by atoms with Crippen molar-refractivity contribution < 1.29 is 22.4 Å². The number of benzene rings is 1. The van der Waals surface area contributed by atoms with Gasteiger partial charge in [0.2, 0.25) is 0 Å². The van der Waals surface area contributed by atoms with Gasteiger partial charge < -0.3 is 10.6 Å². The lowest BCUT2D eigenvalue weighted by Crippen LogP contribution is -2.27. The Morgan fingerprint density at radius 1 is 1.25 bits per heavy atom. The maximum atomic E-state index is 13.1. The van der Waals surface area contributed by atoms with Crippen LogP contribution in [0.4, 0.5) is 17.6 Å². The zero-order valence-electron chi connectivity index (χ0n) is 11.0. The Morgan fingerprint density at radius 2 is 1.95 bits per heavy atom. The van der Waals surface area contributed by atoms with Crippen molar-refractivity contribution >= 4 is 5.91 Å². The summed E-state index contributed by atoms with van der Waals surface area (Å²) in [6.45, 7) is 3.79. The average Bonchev–Trinajstić information content (AvgIpc) is 2.37. The molecule has 0 aromatic heterocycles. The minimum Gasteiger partial charge on any atom is -0.352 e. The van der Waals surface area contributed by atoms with E-state index in [-0.39, 0.29) is 5.56 Å². The molecule has 0 aliphatic heterocycles. The maximum Gasteiger partial charge on any atom is 0.419 e. The van der Waals surface area contributed by atoms with Crippen molar-refractivity contribution in [3.8, 4) is 0 Å². The van der Waals surface area contributed by atoms with Gasteiger partial charge in [-0.3, -0.25) is 4.79 Å². The summed E-state index contributed by atoms with van der Waals surface area (Å²) in [5.41, 5.74) is -1.64. The zero-order valence-corrected chi connectivity index (χ0v) is 11.0. The smallest absolute Gasteiger partial charge is 0.352 e. The highest BCUT2D eigenvalue weighted by Crippen LogP contribution is 2.31. The predicted octanol–water partition coefficient (Wildman–Crippen LogP) is 2.57. The van der Waals surface area contributed by atoms with Gasteiger partial charge in [-0.25, -0.2) is 4.39 Å². The molecule has 0 spiro atoms. The molecule has 112 valence electrons. The van der Waals surface area contributed by atoms with E-state index in [0.717, 1.165) is 12.6 Å². The van der Waals surface area contributed by atoms with Crippen LogP contribution in [0.5, 0.6) is 0 Å². The lowest BCUT2D eigenvalue weighted by molar-refractivity contribution is -0.140. The molecule has 20 heavy (non-hydrogen) atoms. The van der Waals surface area contributed by atoms with Crippen LogP contribution in [0.3, 0.4) is 0 Å². The van der Waals surface area contributed by atoms with Crippen LogP contribution in [-0.2, 0) is 6.18 Å². The van der Waals surface area contributed by atoms with Crippen LogP contribution >= 0.6 is 0 Å². The summed E-state index contributed by atoms with van der Waals surface area (Å²) in [6.07, 6.45) is -4.15. The lowest BCUT2D eigenvalue weighted by atomic mass is 10.1. The Kier molecular flexibility index (Phi) is 5.94. The molecule has 0 atom stereocenters. The van der Waals surface area contributed by atoms with Crippen molar-refractivity contribution in [1.29, 1.82) is 0 Å². The fraction of sp³-hybridized carbons (Fsp3) is 0.462. The number of carbonyl (C=O) groups excluding carboxylic acids is 1. The van der Waals surface area contributed by atoms with Crippen molar-refractivity contribution in [2.24, 2.45) is 0 Å². The summed E-state index contributed by atoms with van der Waals surface area (Å²) < 4.78 is 50.6. The van der Waals surface area contributed by atoms with Crippen molar-refractivity contribution in [2.45, 2.75) is 19.5 Å². The normalized spacial score (nSPS) is 11.4. The zero-order chi connectivity index (χ0) is 15.2. The molecule has 1 rings (SSSR count). The van der Waals surface area contributed by atoms with Gasteiger partial charge in [-0.15, -0.1) is 0 Å². The third-order valence-corrected chi connectivity index (χ3v) is 2.60. The van der Waals surface area contributed by atoms with Gasteiger partial charge in [-0.05, 0) is 37.7 Å². The largest absolute Gasteiger partial charge is 0.419 e. The molecule has 0 fully saturated rings. The Labute approximate surface area is 114 Å². The van der Waals surface area contributed by atoms with E-state index in [4.69, 9.17) is 0 Å². The number of hydrogen-bond donors (Lipinski definition) is 2. The predicted molar refractivity (Wildman–Crippen MR) is 66.9 cm³/mol. The minimum absolute atomic E-state index is 0.206.